The second-order valence-electron chi connectivity index (χ2n) is 6.59. The van der Waals surface area contributed by atoms with Crippen molar-refractivity contribution in [3.05, 3.63) is 65.2 Å². The molecule has 0 aliphatic carbocycles. The number of benzene rings is 2. The van der Waals surface area contributed by atoms with Gasteiger partial charge in [0.05, 0.1) is 21.5 Å². The number of halogens is 2. The van der Waals surface area contributed by atoms with Crippen LogP contribution < -0.4 is 10.2 Å². The molecular formula is C21H21Cl2N5OS. The molecule has 0 aliphatic rings. The SMILES string of the molecule is C=CCn1c(SCC(=O)Nc2cccc(Cl)c2Cl)nnc1-c1cccc(N(C)C)c1. The number of amides is 1. The third-order valence-electron chi connectivity index (χ3n) is 4.21. The predicted octanol–water partition coefficient (Wildman–Crippen LogP) is 5.23. The van der Waals surface area contributed by atoms with Crippen molar-refractivity contribution in [1.82, 2.24) is 14.8 Å². The van der Waals surface area contributed by atoms with Gasteiger partial charge in [0.1, 0.15) is 0 Å². The molecule has 1 N–H and O–H groups in total. The predicted molar refractivity (Wildman–Crippen MR) is 126 cm³/mol. The fourth-order valence-corrected chi connectivity index (χ4v) is 3.84. The average molecular weight is 462 g/mol. The zero-order valence-corrected chi connectivity index (χ0v) is 18.9. The third kappa shape index (κ3) is 5.16. The Balaban J connectivity index is 1.77. The van der Waals surface area contributed by atoms with Crippen molar-refractivity contribution in [3.8, 4) is 11.4 Å². The van der Waals surface area contributed by atoms with E-state index in [1.807, 2.05) is 47.8 Å². The van der Waals surface area contributed by atoms with Crippen molar-refractivity contribution in [1.29, 1.82) is 0 Å². The molecule has 0 saturated heterocycles. The van der Waals surface area contributed by atoms with E-state index in [4.69, 9.17) is 23.2 Å². The molecule has 0 bridgehead atoms. The fourth-order valence-electron chi connectivity index (χ4n) is 2.74. The van der Waals surface area contributed by atoms with Crippen molar-refractivity contribution >= 4 is 52.2 Å². The van der Waals surface area contributed by atoms with Gasteiger partial charge in [0, 0.05) is 31.9 Å². The normalized spacial score (nSPS) is 10.7. The van der Waals surface area contributed by atoms with Crippen LogP contribution >= 0.6 is 35.0 Å². The van der Waals surface area contributed by atoms with Gasteiger partial charge in [-0.2, -0.15) is 0 Å². The number of rotatable bonds is 8. The number of hydrogen-bond acceptors (Lipinski definition) is 5. The van der Waals surface area contributed by atoms with Gasteiger partial charge in [0.15, 0.2) is 11.0 Å². The van der Waals surface area contributed by atoms with Gasteiger partial charge in [0.25, 0.3) is 0 Å². The maximum absolute atomic E-state index is 12.4. The summed E-state index contributed by atoms with van der Waals surface area (Å²) in [7, 11) is 3.97. The Bertz CT molecular complexity index is 1070. The summed E-state index contributed by atoms with van der Waals surface area (Å²) in [4.78, 5) is 14.4. The van der Waals surface area contributed by atoms with Crippen molar-refractivity contribution < 1.29 is 4.79 Å². The van der Waals surface area contributed by atoms with E-state index < -0.39 is 0 Å². The number of hydrogen-bond donors (Lipinski definition) is 1. The minimum absolute atomic E-state index is 0.149. The lowest BCUT2D eigenvalue weighted by molar-refractivity contribution is -0.113. The van der Waals surface area contributed by atoms with Crippen molar-refractivity contribution in [3.63, 3.8) is 0 Å². The fraction of sp³-hybridized carbons (Fsp3) is 0.190. The maximum Gasteiger partial charge on any atom is 0.234 e. The summed E-state index contributed by atoms with van der Waals surface area (Å²) < 4.78 is 1.94. The molecule has 3 rings (SSSR count). The molecule has 0 atom stereocenters. The number of thioether (sulfide) groups is 1. The highest BCUT2D eigenvalue weighted by atomic mass is 35.5. The first-order chi connectivity index (χ1) is 14.4. The second kappa shape index (κ2) is 10.0. The molecule has 0 saturated carbocycles. The van der Waals surface area contributed by atoms with E-state index >= 15 is 0 Å². The van der Waals surface area contributed by atoms with Crippen LogP contribution in [0.4, 0.5) is 11.4 Å². The molecule has 3 aromatic rings. The van der Waals surface area contributed by atoms with Crippen LogP contribution in [0.2, 0.25) is 10.0 Å². The zero-order chi connectivity index (χ0) is 21.7. The van der Waals surface area contributed by atoms with E-state index in [1.165, 1.54) is 11.8 Å². The van der Waals surface area contributed by atoms with Gasteiger partial charge in [-0.05, 0) is 24.3 Å². The van der Waals surface area contributed by atoms with E-state index in [-0.39, 0.29) is 11.7 Å². The van der Waals surface area contributed by atoms with Crippen LogP contribution in [-0.2, 0) is 11.3 Å². The standard InChI is InChI=1S/C21H21Cl2N5OS/c1-4-11-28-20(14-7-5-8-15(12-14)27(2)3)25-26-21(28)30-13-18(29)24-17-10-6-9-16(22)19(17)23/h4-10,12H,1,11,13H2,2-3H3,(H,24,29). The van der Waals surface area contributed by atoms with Gasteiger partial charge in [-0.15, -0.1) is 16.8 Å². The lowest BCUT2D eigenvalue weighted by Gasteiger charge is -2.14. The zero-order valence-electron chi connectivity index (χ0n) is 16.6. The van der Waals surface area contributed by atoms with Crippen molar-refractivity contribution in [2.75, 3.05) is 30.1 Å². The van der Waals surface area contributed by atoms with Crippen LogP contribution in [0.25, 0.3) is 11.4 Å². The van der Waals surface area contributed by atoms with Crippen LogP contribution in [0.15, 0.2) is 60.3 Å². The first-order valence-corrected chi connectivity index (χ1v) is 10.8. The van der Waals surface area contributed by atoms with Crippen molar-refractivity contribution in [2.45, 2.75) is 11.7 Å². The summed E-state index contributed by atoms with van der Waals surface area (Å²) in [5.41, 5.74) is 2.48. The highest BCUT2D eigenvalue weighted by Gasteiger charge is 2.16. The van der Waals surface area contributed by atoms with Gasteiger partial charge < -0.3 is 10.2 Å². The Morgan fingerprint density at radius 3 is 2.73 bits per heavy atom. The molecular weight excluding hydrogens is 441 g/mol. The molecule has 156 valence electrons. The first-order valence-electron chi connectivity index (χ1n) is 9.09. The molecule has 9 heteroatoms. The minimum Gasteiger partial charge on any atom is -0.378 e. The van der Waals surface area contributed by atoms with Gasteiger partial charge in [-0.3, -0.25) is 9.36 Å². The largest absolute Gasteiger partial charge is 0.378 e. The number of allylic oxidation sites excluding steroid dienone is 1. The van der Waals surface area contributed by atoms with Crippen LogP contribution in [0, 0.1) is 0 Å². The highest BCUT2D eigenvalue weighted by Crippen LogP contribution is 2.30. The number of aromatic nitrogens is 3. The summed E-state index contributed by atoms with van der Waals surface area (Å²) in [5, 5.41) is 12.7. The Labute approximate surface area is 189 Å². The number of anilines is 2. The van der Waals surface area contributed by atoms with E-state index in [1.54, 1.807) is 24.3 Å². The van der Waals surface area contributed by atoms with E-state index in [0.29, 0.717) is 27.4 Å². The number of nitrogens with one attached hydrogen (secondary N) is 1. The summed E-state index contributed by atoms with van der Waals surface area (Å²) in [6.45, 7) is 4.35. The van der Waals surface area contributed by atoms with Gasteiger partial charge in [0.2, 0.25) is 5.91 Å². The average Bonchev–Trinajstić information content (AvgIpc) is 3.13. The van der Waals surface area contributed by atoms with Crippen LogP contribution in [0.1, 0.15) is 0 Å². The van der Waals surface area contributed by atoms with E-state index in [2.05, 4.69) is 22.1 Å². The monoisotopic (exact) mass is 461 g/mol. The quantitative estimate of drug-likeness (QED) is 0.367. The molecule has 30 heavy (non-hydrogen) atoms. The molecule has 1 amide bonds. The van der Waals surface area contributed by atoms with Crippen LogP contribution in [-0.4, -0.2) is 40.5 Å². The smallest absolute Gasteiger partial charge is 0.234 e. The molecule has 2 aromatic carbocycles. The molecule has 6 nitrogen and oxygen atoms in total. The molecule has 0 spiro atoms. The van der Waals surface area contributed by atoms with E-state index in [9.17, 15) is 4.79 Å². The summed E-state index contributed by atoms with van der Waals surface area (Å²) in [6, 6.07) is 13.1. The summed E-state index contributed by atoms with van der Waals surface area (Å²) >= 11 is 13.4. The first kappa shape index (κ1) is 22.2. The molecule has 0 aliphatic heterocycles. The summed E-state index contributed by atoms with van der Waals surface area (Å²) in [5.74, 6) is 0.656. The van der Waals surface area contributed by atoms with Gasteiger partial charge in [-0.25, -0.2) is 0 Å². The molecule has 0 unspecified atom stereocenters. The van der Waals surface area contributed by atoms with Gasteiger partial charge in [-0.1, -0.05) is 59.2 Å². The minimum atomic E-state index is -0.214. The topological polar surface area (TPSA) is 63.1 Å². The van der Waals surface area contributed by atoms with Crippen LogP contribution in [0.5, 0.6) is 0 Å². The highest BCUT2D eigenvalue weighted by molar-refractivity contribution is 7.99. The molecule has 1 heterocycles. The lowest BCUT2D eigenvalue weighted by atomic mass is 10.2. The lowest BCUT2D eigenvalue weighted by Crippen LogP contribution is -2.15. The number of carbonyl (C=O) groups is 1. The molecule has 0 fully saturated rings. The Hall–Kier alpha value is -2.48. The number of nitrogens with zero attached hydrogens (tertiary/aromatic N) is 4. The maximum atomic E-state index is 12.4. The molecule has 0 radical (unpaired) electrons. The molecule has 1 aromatic heterocycles. The Morgan fingerprint density at radius 1 is 1.23 bits per heavy atom. The summed E-state index contributed by atoms with van der Waals surface area (Å²) in [6.07, 6.45) is 1.78. The second-order valence-corrected chi connectivity index (χ2v) is 8.32. The van der Waals surface area contributed by atoms with E-state index in [0.717, 1.165) is 17.1 Å². The Morgan fingerprint density at radius 2 is 2.00 bits per heavy atom. The van der Waals surface area contributed by atoms with Crippen molar-refractivity contribution in [2.24, 2.45) is 0 Å². The van der Waals surface area contributed by atoms with Crippen LogP contribution in [0.3, 0.4) is 0 Å². The van der Waals surface area contributed by atoms with Gasteiger partial charge >= 0.3 is 0 Å². The Kier molecular flexibility index (Phi) is 7.42. The third-order valence-corrected chi connectivity index (χ3v) is 5.99. The number of carbonyl (C=O) groups excluding carboxylic acids is 1.